The lowest BCUT2D eigenvalue weighted by Crippen LogP contribution is -2.39. The summed E-state index contributed by atoms with van der Waals surface area (Å²) < 4.78 is 0. The van der Waals surface area contributed by atoms with E-state index in [1.54, 1.807) is 0 Å². The van der Waals surface area contributed by atoms with E-state index < -0.39 is 0 Å². The predicted molar refractivity (Wildman–Crippen MR) is 31.2 cm³/mol. The van der Waals surface area contributed by atoms with E-state index in [-0.39, 0.29) is 0 Å². The Hall–Kier alpha value is -0.0400. The Morgan fingerprint density at radius 3 is 2.14 bits per heavy atom. The fraction of sp³-hybridized carbons (Fsp3) is 1.00. The van der Waals surface area contributed by atoms with E-state index in [2.05, 4.69) is 12.2 Å². The Morgan fingerprint density at radius 2 is 2.14 bits per heavy atom. The highest BCUT2D eigenvalue weighted by Gasteiger charge is 2.23. The van der Waals surface area contributed by atoms with Crippen molar-refractivity contribution in [3.63, 3.8) is 0 Å². The van der Waals surface area contributed by atoms with Crippen LogP contribution in [0.4, 0.5) is 0 Å². The predicted octanol–water partition coefficient (Wildman–Crippen LogP) is 1.00. The molecule has 0 spiro atoms. The quantitative estimate of drug-likeness (QED) is 0.517. The second kappa shape index (κ2) is 1.83. The van der Waals surface area contributed by atoms with Crippen LogP contribution in [0.5, 0.6) is 0 Å². The zero-order valence-electron chi connectivity index (χ0n) is 5.07. The Morgan fingerprint density at radius 1 is 1.43 bits per heavy atom. The summed E-state index contributed by atoms with van der Waals surface area (Å²) in [6.45, 7) is 2.30. The molecule has 0 bridgehead atoms. The van der Waals surface area contributed by atoms with Gasteiger partial charge in [-0.15, -0.1) is 0 Å². The van der Waals surface area contributed by atoms with Gasteiger partial charge >= 0.3 is 0 Å². The van der Waals surface area contributed by atoms with Crippen molar-refractivity contribution in [2.45, 2.75) is 25.8 Å². The van der Waals surface area contributed by atoms with E-state index >= 15 is 0 Å². The first-order chi connectivity index (χ1) is 3.34. The van der Waals surface area contributed by atoms with Gasteiger partial charge < -0.3 is 5.32 Å². The van der Waals surface area contributed by atoms with Crippen LogP contribution in [0.25, 0.3) is 0 Å². The van der Waals surface area contributed by atoms with Crippen LogP contribution in [0.15, 0.2) is 0 Å². The molecule has 0 aromatic carbocycles. The SMILES string of the molecule is CNC1CCC1C. The average Bonchev–Trinajstić information content (AvgIpc) is 1.65. The van der Waals surface area contributed by atoms with Gasteiger partial charge in [0.1, 0.15) is 0 Å². The van der Waals surface area contributed by atoms with Crippen molar-refractivity contribution < 1.29 is 0 Å². The first-order valence-corrected chi connectivity index (χ1v) is 3.02. The third-order valence-electron chi connectivity index (χ3n) is 1.99. The van der Waals surface area contributed by atoms with Crippen molar-refractivity contribution in [2.24, 2.45) is 5.92 Å². The van der Waals surface area contributed by atoms with Crippen molar-refractivity contribution >= 4 is 0 Å². The number of hydrogen-bond acceptors (Lipinski definition) is 1. The Labute approximate surface area is 45.1 Å². The summed E-state index contributed by atoms with van der Waals surface area (Å²) in [4.78, 5) is 0. The van der Waals surface area contributed by atoms with Crippen molar-refractivity contribution in [3.05, 3.63) is 0 Å². The van der Waals surface area contributed by atoms with Crippen molar-refractivity contribution in [1.82, 2.24) is 5.32 Å². The first-order valence-electron chi connectivity index (χ1n) is 3.02. The number of hydrogen-bond donors (Lipinski definition) is 1. The zero-order chi connectivity index (χ0) is 5.28. The number of nitrogens with one attached hydrogen (secondary N) is 1. The van der Waals surface area contributed by atoms with Crippen molar-refractivity contribution in [3.8, 4) is 0 Å². The second-order valence-electron chi connectivity index (χ2n) is 2.45. The smallest absolute Gasteiger partial charge is 0.00898 e. The van der Waals surface area contributed by atoms with E-state index in [0.717, 1.165) is 12.0 Å². The molecule has 42 valence electrons. The number of rotatable bonds is 1. The Balaban J connectivity index is 2.16. The molecular weight excluding hydrogens is 86.1 g/mol. The highest BCUT2D eigenvalue weighted by Crippen LogP contribution is 2.25. The molecule has 1 N–H and O–H groups in total. The van der Waals surface area contributed by atoms with Crippen LogP contribution in [0.2, 0.25) is 0 Å². The summed E-state index contributed by atoms with van der Waals surface area (Å²) in [6.07, 6.45) is 2.81. The normalized spacial score (nSPS) is 40.3. The molecule has 0 aromatic heterocycles. The van der Waals surface area contributed by atoms with Gasteiger partial charge in [-0.2, -0.15) is 0 Å². The monoisotopic (exact) mass is 99.1 g/mol. The molecule has 2 unspecified atom stereocenters. The average molecular weight is 99.2 g/mol. The van der Waals surface area contributed by atoms with E-state index in [4.69, 9.17) is 0 Å². The van der Waals surface area contributed by atoms with Crippen LogP contribution in [0.3, 0.4) is 0 Å². The van der Waals surface area contributed by atoms with Crippen LogP contribution < -0.4 is 5.32 Å². The maximum atomic E-state index is 3.25. The highest BCUT2D eigenvalue weighted by atomic mass is 14.9. The van der Waals surface area contributed by atoms with Gasteiger partial charge in [0.2, 0.25) is 0 Å². The fourth-order valence-corrected chi connectivity index (χ4v) is 1.10. The third-order valence-corrected chi connectivity index (χ3v) is 1.99. The van der Waals surface area contributed by atoms with E-state index in [1.807, 2.05) is 7.05 Å². The van der Waals surface area contributed by atoms with E-state index in [0.29, 0.717) is 0 Å². The molecule has 1 fully saturated rings. The van der Waals surface area contributed by atoms with Gasteiger partial charge in [-0.3, -0.25) is 0 Å². The molecule has 1 saturated carbocycles. The van der Waals surface area contributed by atoms with E-state index in [1.165, 1.54) is 12.8 Å². The van der Waals surface area contributed by atoms with Crippen LogP contribution in [-0.2, 0) is 0 Å². The molecule has 2 atom stereocenters. The van der Waals surface area contributed by atoms with Crippen molar-refractivity contribution in [2.75, 3.05) is 7.05 Å². The molecule has 1 nitrogen and oxygen atoms in total. The fourth-order valence-electron chi connectivity index (χ4n) is 1.10. The summed E-state index contributed by atoms with van der Waals surface area (Å²) >= 11 is 0. The van der Waals surface area contributed by atoms with Crippen molar-refractivity contribution in [1.29, 1.82) is 0 Å². The Bertz CT molecular complexity index is 59.2. The summed E-state index contributed by atoms with van der Waals surface area (Å²) in [7, 11) is 2.04. The molecule has 0 amide bonds. The topological polar surface area (TPSA) is 12.0 Å². The molecule has 1 heteroatoms. The van der Waals surface area contributed by atoms with Crippen LogP contribution in [0, 0.1) is 5.92 Å². The molecule has 0 aromatic rings. The first kappa shape index (κ1) is 5.10. The molecule has 1 aliphatic carbocycles. The minimum absolute atomic E-state index is 0.833. The molecular formula is C6H13N. The summed E-state index contributed by atoms with van der Waals surface area (Å²) in [6, 6.07) is 0.833. The maximum Gasteiger partial charge on any atom is 0.00898 e. The minimum Gasteiger partial charge on any atom is -0.317 e. The van der Waals surface area contributed by atoms with Gasteiger partial charge in [0, 0.05) is 6.04 Å². The Kier molecular flexibility index (Phi) is 1.33. The lowest BCUT2D eigenvalue weighted by Gasteiger charge is -2.33. The van der Waals surface area contributed by atoms with Crippen LogP contribution >= 0.6 is 0 Å². The molecule has 0 radical (unpaired) electrons. The van der Waals surface area contributed by atoms with Gasteiger partial charge in [-0.1, -0.05) is 6.92 Å². The third kappa shape index (κ3) is 0.778. The lowest BCUT2D eigenvalue weighted by molar-refractivity contribution is 0.243. The zero-order valence-corrected chi connectivity index (χ0v) is 5.07. The van der Waals surface area contributed by atoms with Gasteiger partial charge in [0.15, 0.2) is 0 Å². The van der Waals surface area contributed by atoms with Crippen LogP contribution in [0.1, 0.15) is 19.8 Å². The lowest BCUT2D eigenvalue weighted by atomic mass is 9.81. The standard InChI is InChI=1S/C6H13N/c1-5-3-4-6(5)7-2/h5-7H,3-4H2,1-2H3. The summed E-state index contributed by atoms with van der Waals surface area (Å²) in [5, 5.41) is 3.25. The molecule has 0 saturated heterocycles. The maximum absolute atomic E-state index is 3.25. The largest absolute Gasteiger partial charge is 0.317 e. The van der Waals surface area contributed by atoms with Gasteiger partial charge in [-0.25, -0.2) is 0 Å². The van der Waals surface area contributed by atoms with Crippen LogP contribution in [-0.4, -0.2) is 13.1 Å². The molecule has 1 rings (SSSR count). The van der Waals surface area contributed by atoms with Gasteiger partial charge in [0.25, 0.3) is 0 Å². The summed E-state index contributed by atoms with van der Waals surface area (Å²) in [5.74, 6) is 0.935. The summed E-state index contributed by atoms with van der Waals surface area (Å²) in [5.41, 5.74) is 0. The molecule has 0 aliphatic heterocycles. The molecule has 1 aliphatic rings. The van der Waals surface area contributed by atoms with Gasteiger partial charge in [0.05, 0.1) is 0 Å². The van der Waals surface area contributed by atoms with Gasteiger partial charge in [-0.05, 0) is 25.8 Å². The highest BCUT2D eigenvalue weighted by molar-refractivity contribution is 4.81. The second-order valence-corrected chi connectivity index (χ2v) is 2.45. The molecule has 0 heterocycles. The molecule has 7 heavy (non-hydrogen) atoms. The minimum atomic E-state index is 0.833. The van der Waals surface area contributed by atoms with E-state index in [9.17, 15) is 0 Å².